The minimum absolute atomic E-state index is 0.0198. The quantitative estimate of drug-likeness (QED) is 0.490. The molecule has 1 N–H and O–H groups in total. The van der Waals surface area contributed by atoms with Gasteiger partial charge in [-0.2, -0.15) is 0 Å². The molecule has 0 aliphatic carbocycles. The third kappa shape index (κ3) is 7.27. The van der Waals surface area contributed by atoms with Gasteiger partial charge in [0.05, 0.1) is 19.1 Å². The highest BCUT2D eigenvalue weighted by atomic mass is 16.5. The normalized spacial score (nSPS) is 17.2. The summed E-state index contributed by atoms with van der Waals surface area (Å²) in [6.45, 7) is 4.80. The van der Waals surface area contributed by atoms with Gasteiger partial charge < -0.3 is 14.6 Å². The van der Waals surface area contributed by atoms with Crippen molar-refractivity contribution in [1.29, 1.82) is 0 Å². The molecule has 0 saturated carbocycles. The van der Waals surface area contributed by atoms with Crippen LogP contribution in [0.3, 0.4) is 0 Å². The molecule has 4 nitrogen and oxygen atoms in total. The molecule has 0 aromatic heterocycles. The maximum atomic E-state index is 10.6. The highest BCUT2D eigenvalue weighted by molar-refractivity contribution is 5.66. The van der Waals surface area contributed by atoms with Crippen molar-refractivity contribution in [2.45, 2.75) is 84.2 Å². The fourth-order valence-corrected chi connectivity index (χ4v) is 3.60. The number of ether oxygens (including phenoxy) is 2. The van der Waals surface area contributed by atoms with E-state index in [-0.39, 0.29) is 13.0 Å². The molecular formula is C22H34O4. The Balaban J connectivity index is 1.74. The summed E-state index contributed by atoms with van der Waals surface area (Å²) in [5.74, 6) is 1.56. The Morgan fingerprint density at radius 2 is 2.12 bits per heavy atom. The lowest BCUT2D eigenvalue weighted by Gasteiger charge is -2.28. The van der Waals surface area contributed by atoms with E-state index in [1.54, 1.807) is 0 Å². The number of rotatable bonds is 12. The maximum Gasteiger partial charge on any atom is 0.306 e. The van der Waals surface area contributed by atoms with E-state index in [9.17, 15) is 4.79 Å². The summed E-state index contributed by atoms with van der Waals surface area (Å²) in [5, 5.41) is 8.68. The maximum absolute atomic E-state index is 10.6. The van der Waals surface area contributed by atoms with E-state index in [1.165, 1.54) is 44.1 Å². The minimum Gasteiger partial charge on any atom is -0.493 e. The standard InChI is InChI=1S/C22H34O4/c1-3-4-5-6-7-8-17(2)15-20-10-9-18-16-19(11-12-21(18)26-20)25-14-13-22(23)24/h11-12,16-17,20H,3-10,13-15H2,1-2H3,(H,23,24). The van der Waals surface area contributed by atoms with Gasteiger partial charge in [0.15, 0.2) is 0 Å². The number of fused-ring (bicyclic) bond motifs is 1. The Labute approximate surface area is 157 Å². The molecule has 2 unspecified atom stereocenters. The van der Waals surface area contributed by atoms with Crippen molar-refractivity contribution in [1.82, 2.24) is 0 Å². The largest absolute Gasteiger partial charge is 0.493 e. The Hall–Kier alpha value is -1.71. The first-order valence-electron chi connectivity index (χ1n) is 10.2. The lowest BCUT2D eigenvalue weighted by molar-refractivity contribution is -0.137. The van der Waals surface area contributed by atoms with Crippen molar-refractivity contribution in [3.63, 3.8) is 0 Å². The average molecular weight is 363 g/mol. The molecule has 4 heteroatoms. The van der Waals surface area contributed by atoms with E-state index >= 15 is 0 Å². The summed E-state index contributed by atoms with van der Waals surface area (Å²) >= 11 is 0. The Kier molecular flexibility index (Phi) is 8.79. The zero-order chi connectivity index (χ0) is 18.8. The summed E-state index contributed by atoms with van der Waals surface area (Å²) in [4.78, 5) is 10.6. The van der Waals surface area contributed by atoms with Crippen molar-refractivity contribution in [3.8, 4) is 11.5 Å². The van der Waals surface area contributed by atoms with Crippen LogP contribution in [0.4, 0.5) is 0 Å². The van der Waals surface area contributed by atoms with E-state index in [0.717, 1.165) is 30.8 Å². The summed E-state index contributed by atoms with van der Waals surface area (Å²) in [6.07, 6.45) is 11.5. The molecule has 0 fully saturated rings. The SMILES string of the molecule is CCCCCCCC(C)CC1CCc2cc(OCCC(=O)O)ccc2O1. The molecule has 1 aliphatic heterocycles. The first kappa shape index (κ1) is 20.6. The van der Waals surface area contributed by atoms with Crippen LogP contribution >= 0.6 is 0 Å². The molecule has 2 rings (SSSR count). The van der Waals surface area contributed by atoms with Gasteiger partial charge in [-0.15, -0.1) is 0 Å². The average Bonchev–Trinajstić information content (AvgIpc) is 2.61. The number of aryl methyl sites for hydroxylation is 1. The van der Waals surface area contributed by atoms with Crippen molar-refractivity contribution in [2.24, 2.45) is 5.92 Å². The lowest BCUT2D eigenvalue weighted by Crippen LogP contribution is -2.25. The number of carboxylic acid groups (broad SMARTS) is 1. The van der Waals surface area contributed by atoms with Crippen molar-refractivity contribution in [2.75, 3.05) is 6.61 Å². The van der Waals surface area contributed by atoms with E-state index in [2.05, 4.69) is 13.8 Å². The second-order valence-corrected chi connectivity index (χ2v) is 7.58. The Morgan fingerprint density at radius 3 is 2.88 bits per heavy atom. The van der Waals surface area contributed by atoms with Crippen LogP contribution in [0.2, 0.25) is 0 Å². The number of carbonyl (C=O) groups is 1. The van der Waals surface area contributed by atoms with Crippen molar-refractivity contribution < 1.29 is 19.4 Å². The van der Waals surface area contributed by atoms with Crippen LogP contribution < -0.4 is 9.47 Å². The summed E-state index contributed by atoms with van der Waals surface area (Å²) in [7, 11) is 0. The fraction of sp³-hybridized carbons (Fsp3) is 0.682. The van der Waals surface area contributed by atoms with Gasteiger partial charge in [0.1, 0.15) is 11.5 Å². The van der Waals surface area contributed by atoms with Gasteiger partial charge in [-0.3, -0.25) is 4.79 Å². The number of aliphatic carboxylic acids is 1. The van der Waals surface area contributed by atoms with Gasteiger partial charge in [0, 0.05) is 0 Å². The summed E-state index contributed by atoms with van der Waals surface area (Å²) in [5.41, 5.74) is 1.17. The molecule has 0 amide bonds. The highest BCUT2D eigenvalue weighted by Gasteiger charge is 2.22. The zero-order valence-electron chi connectivity index (χ0n) is 16.3. The van der Waals surface area contributed by atoms with E-state index < -0.39 is 5.97 Å². The van der Waals surface area contributed by atoms with Crippen molar-refractivity contribution in [3.05, 3.63) is 23.8 Å². The van der Waals surface area contributed by atoms with Gasteiger partial charge >= 0.3 is 5.97 Å². The van der Waals surface area contributed by atoms with Gasteiger partial charge in [-0.05, 0) is 48.9 Å². The summed E-state index contributed by atoms with van der Waals surface area (Å²) in [6, 6.07) is 5.83. The first-order chi connectivity index (χ1) is 12.6. The smallest absolute Gasteiger partial charge is 0.306 e. The van der Waals surface area contributed by atoms with Crippen LogP contribution in [0, 0.1) is 5.92 Å². The Morgan fingerprint density at radius 1 is 1.31 bits per heavy atom. The number of carboxylic acids is 1. The number of benzene rings is 1. The van der Waals surface area contributed by atoms with Crippen LogP contribution in [0.5, 0.6) is 11.5 Å². The van der Waals surface area contributed by atoms with E-state index in [0.29, 0.717) is 12.0 Å². The second kappa shape index (κ2) is 11.1. The third-order valence-corrected chi connectivity index (χ3v) is 5.11. The Bertz CT molecular complexity index is 555. The van der Waals surface area contributed by atoms with Crippen LogP contribution in [0.1, 0.15) is 77.2 Å². The second-order valence-electron chi connectivity index (χ2n) is 7.58. The monoisotopic (exact) mass is 362 g/mol. The van der Waals surface area contributed by atoms with Gasteiger partial charge in [0.2, 0.25) is 0 Å². The molecular weight excluding hydrogens is 328 g/mol. The molecule has 0 bridgehead atoms. The number of hydrogen-bond donors (Lipinski definition) is 1. The van der Waals surface area contributed by atoms with Gasteiger partial charge in [-0.1, -0.05) is 52.4 Å². The van der Waals surface area contributed by atoms with Crippen LogP contribution in [-0.2, 0) is 11.2 Å². The lowest BCUT2D eigenvalue weighted by atomic mass is 9.92. The number of unbranched alkanes of at least 4 members (excludes halogenated alkanes) is 4. The van der Waals surface area contributed by atoms with E-state index in [4.69, 9.17) is 14.6 Å². The third-order valence-electron chi connectivity index (χ3n) is 5.11. The predicted octanol–water partition coefficient (Wildman–Crippen LogP) is 5.62. The number of hydrogen-bond acceptors (Lipinski definition) is 3. The molecule has 146 valence electrons. The van der Waals surface area contributed by atoms with Crippen LogP contribution in [0.25, 0.3) is 0 Å². The summed E-state index contributed by atoms with van der Waals surface area (Å²) < 4.78 is 11.7. The molecule has 1 aromatic rings. The molecule has 26 heavy (non-hydrogen) atoms. The van der Waals surface area contributed by atoms with Crippen LogP contribution in [-0.4, -0.2) is 23.8 Å². The minimum atomic E-state index is -0.839. The molecule has 1 aromatic carbocycles. The van der Waals surface area contributed by atoms with Gasteiger partial charge in [0.25, 0.3) is 0 Å². The van der Waals surface area contributed by atoms with Crippen LogP contribution in [0.15, 0.2) is 18.2 Å². The topological polar surface area (TPSA) is 55.8 Å². The molecule has 1 aliphatic rings. The predicted molar refractivity (Wildman–Crippen MR) is 104 cm³/mol. The molecule has 2 atom stereocenters. The van der Waals surface area contributed by atoms with Gasteiger partial charge in [-0.25, -0.2) is 0 Å². The molecule has 0 saturated heterocycles. The fourth-order valence-electron chi connectivity index (χ4n) is 3.60. The highest BCUT2D eigenvalue weighted by Crippen LogP contribution is 2.33. The molecule has 0 spiro atoms. The molecule has 0 radical (unpaired) electrons. The van der Waals surface area contributed by atoms with Crippen molar-refractivity contribution >= 4 is 5.97 Å². The first-order valence-corrected chi connectivity index (χ1v) is 10.2. The molecule has 1 heterocycles. The zero-order valence-corrected chi connectivity index (χ0v) is 16.3. The van der Waals surface area contributed by atoms with E-state index in [1.807, 2.05) is 18.2 Å².